The Bertz CT molecular complexity index is 1970. The molecule has 0 spiro atoms. The van der Waals surface area contributed by atoms with E-state index in [0.717, 1.165) is 17.8 Å². The van der Waals surface area contributed by atoms with Gasteiger partial charge < -0.3 is 24.8 Å². The summed E-state index contributed by atoms with van der Waals surface area (Å²) in [7, 11) is 0. The Balaban J connectivity index is 0.000000156. The summed E-state index contributed by atoms with van der Waals surface area (Å²) >= 11 is 1.46. The first-order valence-electron chi connectivity index (χ1n) is 19.8. The molecule has 282 valence electrons. The molecule has 0 N–H and O–H groups in total. The summed E-state index contributed by atoms with van der Waals surface area (Å²) in [6, 6.07) is 37.3. The van der Waals surface area contributed by atoms with Gasteiger partial charge in [-0.3, -0.25) is 6.08 Å². The van der Waals surface area contributed by atoms with Crippen molar-refractivity contribution in [2.75, 3.05) is 0 Å². The molecular formula is C51H58Cl2Zr-2. The van der Waals surface area contributed by atoms with Gasteiger partial charge in [0.15, 0.2) is 0 Å². The summed E-state index contributed by atoms with van der Waals surface area (Å²) in [6.45, 7) is 18.3. The van der Waals surface area contributed by atoms with Gasteiger partial charge in [0.1, 0.15) is 0 Å². The van der Waals surface area contributed by atoms with E-state index in [1.807, 2.05) is 0 Å². The van der Waals surface area contributed by atoms with Crippen molar-refractivity contribution in [1.82, 2.24) is 0 Å². The Morgan fingerprint density at radius 1 is 0.648 bits per heavy atom. The predicted molar refractivity (Wildman–Crippen MR) is 221 cm³/mol. The molecule has 3 heteroatoms. The number of hydrogen-bond acceptors (Lipinski definition) is 0. The fourth-order valence-electron chi connectivity index (χ4n) is 10.1. The number of halogens is 2. The third-order valence-corrected chi connectivity index (χ3v) is 13.8. The van der Waals surface area contributed by atoms with E-state index in [4.69, 9.17) is 0 Å². The molecule has 0 nitrogen and oxygen atoms in total. The average Bonchev–Trinajstić information content (AvgIpc) is 3.66. The zero-order valence-corrected chi connectivity index (χ0v) is 37.7. The maximum absolute atomic E-state index is 3.78. The summed E-state index contributed by atoms with van der Waals surface area (Å²) in [5, 5.41) is 5.49. The van der Waals surface area contributed by atoms with E-state index in [2.05, 4.69) is 171 Å². The first kappa shape index (κ1) is 42.7. The summed E-state index contributed by atoms with van der Waals surface area (Å²) in [4.78, 5) is 0. The zero-order valence-electron chi connectivity index (χ0n) is 33.7. The molecule has 5 aromatic carbocycles. The van der Waals surface area contributed by atoms with E-state index < -0.39 is 0 Å². The molecule has 5 aliphatic carbocycles. The van der Waals surface area contributed by atoms with Gasteiger partial charge in [-0.05, 0) is 72.5 Å². The minimum atomic E-state index is 0. The van der Waals surface area contributed by atoms with Crippen molar-refractivity contribution in [3.05, 3.63) is 149 Å². The van der Waals surface area contributed by atoms with Gasteiger partial charge >= 0.3 is 99.2 Å². The van der Waals surface area contributed by atoms with E-state index in [-0.39, 0.29) is 35.6 Å². The van der Waals surface area contributed by atoms with Crippen LogP contribution < -0.4 is 24.8 Å². The van der Waals surface area contributed by atoms with Crippen molar-refractivity contribution in [2.24, 2.45) is 29.1 Å². The second-order valence-corrected chi connectivity index (χ2v) is 19.9. The van der Waals surface area contributed by atoms with Gasteiger partial charge in [0.2, 0.25) is 0 Å². The van der Waals surface area contributed by atoms with E-state index in [9.17, 15) is 0 Å². The van der Waals surface area contributed by atoms with Crippen LogP contribution in [0.4, 0.5) is 0 Å². The Kier molecular flexibility index (Phi) is 13.4. The number of rotatable bonds is 3. The molecule has 5 aromatic rings. The molecule has 10 rings (SSSR count). The standard InChI is InChI=1S/C21H25.C17H23.C13H10.2ClH.Zr/c1-20(2,3)16-9-7-14-11-15-8-10-17(21(4,5)6)13-19(15)18(14)12-16;1-11-3-12(2)16(4-11)17-8-13-5-14(9-17)7-15(6-13)10-17;1-3-7-12(8-4-1)11-13-9-5-2-6-10-13;;;/h7-13H,1-6H3;3,11,13-15H,5-10H2,1-2H3;1-10H;2*1H;/q2*-1;;;;+2/p-2. The van der Waals surface area contributed by atoms with Gasteiger partial charge in [-0.15, -0.1) is 46.7 Å². The zero-order chi connectivity index (χ0) is 36.8. The van der Waals surface area contributed by atoms with Crippen LogP contribution in [0.15, 0.2) is 120 Å². The van der Waals surface area contributed by atoms with Crippen molar-refractivity contribution in [3.8, 4) is 0 Å². The Labute approximate surface area is 353 Å². The second-order valence-electron chi connectivity index (χ2n) is 18.7. The molecule has 0 radical (unpaired) electrons. The third-order valence-electron chi connectivity index (χ3n) is 12.4. The molecule has 4 bridgehead atoms. The Hall–Kier alpha value is -2.44. The molecule has 0 amide bonds. The molecule has 0 saturated heterocycles. The predicted octanol–water partition coefficient (Wildman–Crippen LogP) is 7.65. The second kappa shape index (κ2) is 17.0. The molecule has 54 heavy (non-hydrogen) atoms. The first-order valence-corrected chi connectivity index (χ1v) is 21.1. The normalized spacial score (nSPS) is 24.0. The van der Waals surface area contributed by atoms with Gasteiger partial charge in [0.25, 0.3) is 0 Å². The summed E-state index contributed by atoms with van der Waals surface area (Å²) in [6.07, 6.45) is 15.3. The molecule has 1 atom stereocenters. The third kappa shape index (κ3) is 9.23. The molecule has 4 saturated carbocycles. The molecule has 4 fully saturated rings. The van der Waals surface area contributed by atoms with Crippen molar-refractivity contribution < 1.29 is 49.0 Å². The fourth-order valence-corrected chi connectivity index (χ4v) is 11.0. The minimum absolute atomic E-state index is 0. The van der Waals surface area contributed by atoms with Gasteiger partial charge in [-0.2, -0.15) is 6.08 Å². The Morgan fingerprint density at radius 2 is 1.06 bits per heavy atom. The maximum atomic E-state index is 3.78. The van der Waals surface area contributed by atoms with Crippen molar-refractivity contribution >= 4 is 24.8 Å². The van der Waals surface area contributed by atoms with Gasteiger partial charge in [0, 0.05) is 0 Å². The van der Waals surface area contributed by atoms with Crippen LogP contribution in [-0.4, -0.2) is 3.21 Å². The van der Waals surface area contributed by atoms with Crippen LogP contribution in [0.2, 0.25) is 0 Å². The molecule has 1 unspecified atom stereocenters. The Morgan fingerprint density at radius 3 is 1.41 bits per heavy atom. The summed E-state index contributed by atoms with van der Waals surface area (Å²) < 4.78 is 1.42. The number of benzene rings is 4. The summed E-state index contributed by atoms with van der Waals surface area (Å²) in [5.74, 6) is 3.73. The van der Waals surface area contributed by atoms with Crippen molar-refractivity contribution in [2.45, 2.75) is 105 Å². The molecular weight excluding hydrogens is 775 g/mol. The number of fused-ring (bicyclic) bond motifs is 3. The fraction of sp³-hybridized carbons (Fsp3) is 0.412. The first-order chi connectivity index (χ1) is 24.7. The van der Waals surface area contributed by atoms with Crippen LogP contribution in [0.1, 0.15) is 116 Å². The van der Waals surface area contributed by atoms with Crippen molar-refractivity contribution in [3.63, 3.8) is 0 Å². The van der Waals surface area contributed by atoms with Gasteiger partial charge in [0.05, 0.1) is 0 Å². The van der Waals surface area contributed by atoms with E-state index in [1.54, 1.807) is 30.4 Å². The molecule has 0 aromatic heterocycles. The van der Waals surface area contributed by atoms with Crippen LogP contribution in [0.25, 0.3) is 21.5 Å². The van der Waals surface area contributed by atoms with Crippen LogP contribution in [0.3, 0.4) is 0 Å². The van der Waals surface area contributed by atoms with E-state index in [0.29, 0.717) is 11.3 Å². The molecule has 0 heterocycles. The van der Waals surface area contributed by atoms with E-state index >= 15 is 0 Å². The average molecular weight is 833 g/mol. The van der Waals surface area contributed by atoms with Crippen LogP contribution in [0.5, 0.6) is 0 Å². The number of allylic oxidation sites excluding steroid dienone is 4. The van der Waals surface area contributed by atoms with Crippen LogP contribution in [-0.2, 0) is 35.1 Å². The van der Waals surface area contributed by atoms with Gasteiger partial charge in [-0.25, -0.2) is 11.1 Å². The molecule has 0 aliphatic heterocycles. The quantitative estimate of drug-likeness (QED) is 0.164. The van der Waals surface area contributed by atoms with Crippen LogP contribution >= 0.6 is 0 Å². The van der Waals surface area contributed by atoms with Crippen molar-refractivity contribution in [1.29, 1.82) is 0 Å². The topological polar surface area (TPSA) is 0 Å². The number of hydrogen-bond donors (Lipinski definition) is 0. The SMILES string of the molecule is CC(C)(C)c1ccc2[cH-]c3ccc(C(C)(C)C)cc3c2c1.CC1=CC(C)[C-]=C1C12CC3CC(CC(C3)C1)C2.[Cl-].[Cl-].[Zr+2]=[C](c1ccccc1)c1ccccc1. The monoisotopic (exact) mass is 830 g/mol. The van der Waals surface area contributed by atoms with E-state index in [1.165, 1.54) is 90.5 Å². The molecule has 5 aliphatic rings. The van der Waals surface area contributed by atoms with Gasteiger partial charge in [-0.1, -0.05) is 89.8 Å². The van der Waals surface area contributed by atoms with Crippen LogP contribution in [0, 0.1) is 35.2 Å². The summed E-state index contributed by atoms with van der Waals surface area (Å²) in [5.41, 5.74) is 9.63.